The first-order chi connectivity index (χ1) is 13.5. The fourth-order valence-corrected chi connectivity index (χ4v) is 4.72. The maximum atomic E-state index is 11.8. The molecule has 0 heterocycles. The average Bonchev–Trinajstić information content (AvgIpc) is 3.48. The Morgan fingerprint density at radius 2 is 1.75 bits per heavy atom. The van der Waals surface area contributed by atoms with E-state index in [0.29, 0.717) is 6.54 Å². The SMILES string of the molecule is CN=C(NCc1ccc(S(=O)(=O)NC)cc1)NCC1(Sc2ccccc2)CC1. The first kappa shape index (κ1) is 20.7. The lowest BCUT2D eigenvalue weighted by Gasteiger charge is -2.18. The van der Waals surface area contributed by atoms with Gasteiger partial charge in [-0.2, -0.15) is 0 Å². The number of nitrogens with zero attached hydrogens (tertiary/aromatic N) is 1. The number of rotatable bonds is 8. The lowest BCUT2D eigenvalue weighted by Crippen LogP contribution is -2.40. The first-order valence-electron chi connectivity index (χ1n) is 9.17. The van der Waals surface area contributed by atoms with Crippen molar-refractivity contribution in [3.63, 3.8) is 0 Å². The monoisotopic (exact) mass is 418 g/mol. The van der Waals surface area contributed by atoms with Gasteiger partial charge in [-0.25, -0.2) is 13.1 Å². The van der Waals surface area contributed by atoms with Gasteiger partial charge in [-0.05, 0) is 49.7 Å². The summed E-state index contributed by atoms with van der Waals surface area (Å²) < 4.78 is 26.1. The van der Waals surface area contributed by atoms with Gasteiger partial charge in [0.05, 0.1) is 4.90 Å². The highest BCUT2D eigenvalue weighted by atomic mass is 32.2. The van der Waals surface area contributed by atoms with Crippen molar-refractivity contribution < 1.29 is 8.42 Å². The van der Waals surface area contributed by atoms with E-state index in [9.17, 15) is 8.42 Å². The lowest BCUT2D eigenvalue weighted by molar-refractivity contribution is 0.588. The van der Waals surface area contributed by atoms with E-state index < -0.39 is 10.0 Å². The highest BCUT2D eigenvalue weighted by Gasteiger charge is 2.43. The number of aliphatic imine (C=N–C) groups is 1. The van der Waals surface area contributed by atoms with E-state index in [1.807, 2.05) is 17.8 Å². The van der Waals surface area contributed by atoms with Gasteiger partial charge in [0.1, 0.15) is 0 Å². The van der Waals surface area contributed by atoms with Gasteiger partial charge < -0.3 is 10.6 Å². The van der Waals surface area contributed by atoms with E-state index >= 15 is 0 Å². The number of guanidine groups is 1. The van der Waals surface area contributed by atoms with E-state index in [1.54, 1.807) is 31.3 Å². The molecule has 0 saturated heterocycles. The molecule has 0 aromatic heterocycles. The Labute approximate surface area is 171 Å². The van der Waals surface area contributed by atoms with Crippen LogP contribution < -0.4 is 15.4 Å². The number of hydrogen-bond donors (Lipinski definition) is 3. The van der Waals surface area contributed by atoms with Crippen LogP contribution >= 0.6 is 11.8 Å². The summed E-state index contributed by atoms with van der Waals surface area (Å²) in [4.78, 5) is 5.84. The summed E-state index contributed by atoms with van der Waals surface area (Å²) in [5.74, 6) is 0.742. The summed E-state index contributed by atoms with van der Waals surface area (Å²) in [6.07, 6.45) is 2.38. The third kappa shape index (κ3) is 5.50. The molecule has 2 aromatic rings. The molecule has 0 bridgehead atoms. The highest BCUT2D eigenvalue weighted by molar-refractivity contribution is 8.01. The van der Waals surface area contributed by atoms with Gasteiger partial charge in [0.15, 0.2) is 5.96 Å². The van der Waals surface area contributed by atoms with Gasteiger partial charge in [0.25, 0.3) is 0 Å². The molecule has 1 saturated carbocycles. The zero-order valence-corrected chi connectivity index (χ0v) is 17.7. The summed E-state index contributed by atoms with van der Waals surface area (Å²) in [6.45, 7) is 1.42. The molecule has 0 aliphatic heterocycles. The van der Waals surface area contributed by atoms with Crippen molar-refractivity contribution in [1.82, 2.24) is 15.4 Å². The van der Waals surface area contributed by atoms with Crippen molar-refractivity contribution in [3.05, 3.63) is 60.2 Å². The third-order valence-corrected chi connectivity index (χ3v) is 7.57. The molecule has 2 aromatic carbocycles. The Kier molecular flexibility index (Phi) is 6.64. The molecule has 0 amide bonds. The molecule has 1 aliphatic rings. The molecule has 0 spiro atoms. The molecule has 8 heteroatoms. The molecule has 150 valence electrons. The molecule has 0 radical (unpaired) electrons. The van der Waals surface area contributed by atoms with Crippen LogP contribution in [0.5, 0.6) is 0 Å². The van der Waals surface area contributed by atoms with E-state index in [2.05, 4.69) is 44.6 Å². The van der Waals surface area contributed by atoms with E-state index in [1.165, 1.54) is 24.8 Å². The average molecular weight is 419 g/mol. The lowest BCUT2D eigenvalue weighted by atomic mass is 10.2. The van der Waals surface area contributed by atoms with Crippen molar-refractivity contribution in [2.45, 2.75) is 33.9 Å². The maximum absolute atomic E-state index is 11.8. The number of thioether (sulfide) groups is 1. The molecule has 6 nitrogen and oxygen atoms in total. The first-order valence-corrected chi connectivity index (χ1v) is 11.5. The standard InChI is InChI=1S/C20H26N4O2S2/c1-21-19(23-14-16-8-10-18(11-9-16)28(25,26)22-2)24-15-20(12-13-20)27-17-6-4-3-5-7-17/h3-11,22H,12-15H2,1-2H3,(H2,21,23,24). The molecular weight excluding hydrogens is 392 g/mol. The van der Waals surface area contributed by atoms with Crippen LogP contribution in [0.1, 0.15) is 18.4 Å². The van der Waals surface area contributed by atoms with Crippen molar-refractivity contribution in [3.8, 4) is 0 Å². The fourth-order valence-electron chi connectivity index (χ4n) is 2.75. The van der Waals surface area contributed by atoms with Crippen LogP contribution in [0.15, 0.2) is 69.4 Å². The summed E-state index contributed by atoms with van der Waals surface area (Å²) in [7, 11) is -0.246. The smallest absolute Gasteiger partial charge is 0.240 e. The molecule has 1 fully saturated rings. The minimum atomic E-state index is -3.40. The van der Waals surface area contributed by atoms with Crippen LogP contribution in [0, 0.1) is 0 Å². The predicted molar refractivity (Wildman–Crippen MR) is 115 cm³/mol. The van der Waals surface area contributed by atoms with E-state index in [-0.39, 0.29) is 9.64 Å². The molecule has 0 unspecified atom stereocenters. The Morgan fingerprint density at radius 1 is 1.07 bits per heavy atom. The van der Waals surface area contributed by atoms with Crippen molar-refractivity contribution in [1.29, 1.82) is 0 Å². The second-order valence-corrected chi connectivity index (χ2v) is 10.2. The minimum Gasteiger partial charge on any atom is -0.355 e. The molecule has 3 rings (SSSR count). The number of sulfonamides is 1. The van der Waals surface area contributed by atoms with Gasteiger partial charge >= 0.3 is 0 Å². The predicted octanol–water partition coefficient (Wildman–Crippen LogP) is 2.58. The maximum Gasteiger partial charge on any atom is 0.240 e. The Hall–Kier alpha value is -2.03. The summed E-state index contributed by atoms with van der Waals surface area (Å²) in [5, 5.41) is 6.71. The van der Waals surface area contributed by atoms with Gasteiger partial charge in [0, 0.05) is 29.8 Å². The largest absolute Gasteiger partial charge is 0.355 e. The molecule has 3 N–H and O–H groups in total. The van der Waals surface area contributed by atoms with Crippen LogP contribution in [-0.4, -0.2) is 39.8 Å². The number of nitrogens with one attached hydrogen (secondary N) is 3. The van der Waals surface area contributed by atoms with Crippen LogP contribution in [-0.2, 0) is 16.6 Å². The van der Waals surface area contributed by atoms with Crippen LogP contribution in [0.2, 0.25) is 0 Å². The highest BCUT2D eigenvalue weighted by Crippen LogP contribution is 2.51. The topological polar surface area (TPSA) is 82.6 Å². The third-order valence-electron chi connectivity index (χ3n) is 4.65. The molecule has 0 atom stereocenters. The Balaban J connectivity index is 1.50. The summed E-state index contributed by atoms with van der Waals surface area (Å²) in [5.41, 5.74) is 0.984. The normalized spacial score (nSPS) is 15.9. The molecule has 1 aliphatic carbocycles. The zero-order chi connectivity index (χ0) is 20.0. The summed E-state index contributed by atoms with van der Waals surface area (Å²) >= 11 is 1.92. The Bertz CT molecular complexity index is 909. The van der Waals surface area contributed by atoms with Gasteiger partial charge in [-0.15, -0.1) is 11.8 Å². The van der Waals surface area contributed by atoms with Crippen molar-refractivity contribution in [2.24, 2.45) is 4.99 Å². The van der Waals surface area contributed by atoms with E-state index in [0.717, 1.165) is 18.1 Å². The minimum absolute atomic E-state index is 0.238. The second-order valence-electron chi connectivity index (χ2n) is 6.73. The second kappa shape index (κ2) is 8.98. The number of benzene rings is 2. The number of hydrogen-bond acceptors (Lipinski definition) is 4. The van der Waals surface area contributed by atoms with Gasteiger partial charge in [0.2, 0.25) is 10.0 Å². The van der Waals surface area contributed by atoms with Crippen LogP contribution in [0.4, 0.5) is 0 Å². The molecule has 28 heavy (non-hydrogen) atoms. The zero-order valence-electron chi connectivity index (χ0n) is 16.1. The van der Waals surface area contributed by atoms with Crippen molar-refractivity contribution >= 4 is 27.7 Å². The van der Waals surface area contributed by atoms with Crippen LogP contribution in [0.25, 0.3) is 0 Å². The molecular formula is C20H26N4O2S2. The Morgan fingerprint density at radius 3 is 2.32 bits per heavy atom. The fraction of sp³-hybridized carbons (Fsp3) is 0.350. The van der Waals surface area contributed by atoms with E-state index in [4.69, 9.17) is 0 Å². The van der Waals surface area contributed by atoms with Crippen LogP contribution in [0.3, 0.4) is 0 Å². The summed E-state index contributed by atoms with van der Waals surface area (Å²) in [6, 6.07) is 17.3. The van der Waals surface area contributed by atoms with Gasteiger partial charge in [-0.1, -0.05) is 30.3 Å². The quantitative estimate of drug-likeness (QED) is 0.453. The van der Waals surface area contributed by atoms with Gasteiger partial charge in [-0.3, -0.25) is 4.99 Å². The van der Waals surface area contributed by atoms with Crippen molar-refractivity contribution in [2.75, 3.05) is 20.6 Å².